The monoisotopic (exact) mass is 388 g/mol. The van der Waals surface area contributed by atoms with Gasteiger partial charge in [-0.3, -0.25) is 0 Å². The molecule has 35 heteroatoms. The molecule has 0 aromatic heterocycles. The number of hydrogen-bond donors (Lipinski definition) is 0. The summed E-state index contributed by atoms with van der Waals surface area (Å²) in [6.45, 7) is 0.464. The van der Waals surface area contributed by atoms with Crippen LogP contribution in [0.4, 0.5) is 0 Å². The van der Waals surface area contributed by atoms with Crippen LogP contribution in [0.25, 0.3) is 0 Å². The van der Waals surface area contributed by atoms with Gasteiger partial charge in [0.1, 0.15) is 0 Å². The van der Waals surface area contributed by atoms with Crippen molar-refractivity contribution in [3.63, 3.8) is 0 Å². The fourth-order valence-corrected chi connectivity index (χ4v) is 4.59. The van der Waals surface area contributed by atoms with Gasteiger partial charge in [0.15, 0.2) is 0 Å². The Kier molecular flexibility index (Phi) is 18.7. The first kappa shape index (κ1) is 37.0. The van der Waals surface area contributed by atoms with Crippen molar-refractivity contribution in [3.8, 4) is 0 Å². The summed E-state index contributed by atoms with van der Waals surface area (Å²) in [5.74, 6) is 0. The predicted molar refractivity (Wildman–Crippen MR) is 198 cm³/mol. The average Bonchev–Trinajstić information content (AvgIpc) is 2.66. The molecule has 0 heterocycles. The number of nitrogens with zero attached hydrogens (tertiary/aromatic N) is 1. The molecule has 35 radical (unpaired) electrons. The summed E-state index contributed by atoms with van der Waals surface area (Å²) in [6.07, 6.45) is -13.1. The Bertz CT molecular complexity index is 521. The maximum atomic E-state index is 6.10. The molecule has 0 spiro atoms. The molecule has 0 aliphatic rings. The van der Waals surface area contributed by atoms with Gasteiger partial charge in [-0.05, 0) is 0 Å². The zero-order chi connectivity index (χ0) is 27.8. The Morgan fingerprint density at radius 1 is 0.371 bits per heavy atom. The van der Waals surface area contributed by atoms with Crippen LogP contribution < -0.4 is 0 Å². The van der Waals surface area contributed by atoms with E-state index in [2.05, 4.69) is 4.81 Å². The van der Waals surface area contributed by atoms with Gasteiger partial charge in [0.05, 0.1) is 0 Å². The van der Waals surface area contributed by atoms with Crippen molar-refractivity contribution in [2.24, 2.45) is 4.81 Å². The van der Waals surface area contributed by atoms with E-state index >= 15 is 0 Å². The molecule has 0 aliphatic carbocycles. The first-order valence-electron chi connectivity index (χ1n) is 11.2. The van der Waals surface area contributed by atoms with Crippen LogP contribution in [0.1, 0.15) is 0 Å². The molecule has 0 amide bonds. The third-order valence-electron chi connectivity index (χ3n) is 6.33. The molecule has 35 heavy (non-hydrogen) atoms. The zero-order valence-corrected chi connectivity index (χ0v) is 20.1. The molecule has 0 saturated heterocycles. The molecule has 0 aliphatic heterocycles. The van der Waals surface area contributed by atoms with E-state index in [9.17, 15) is 0 Å². The fourth-order valence-electron chi connectivity index (χ4n) is 4.59. The van der Waals surface area contributed by atoms with Gasteiger partial charge in [0, 0.05) is 0 Å². The van der Waals surface area contributed by atoms with Crippen molar-refractivity contribution in [3.05, 3.63) is 0 Å². The first-order chi connectivity index (χ1) is 16.0. The molecule has 107 valence electrons. The van der Waals surface area contributed by atoms with E-state index in [0.29, 0.717) is 0 Å². The Labute approximate surface area is 245 Å². The van der Waals surface area contributed by atoms with E-state index in [-0.39, 0.29) is 0 Å². The van der Waals surface area contributed by atoms with Crippen LogP contribution in [0, 0.1) is 0 Å². The van der Waals surface area contributed by atoms with Gasteiger partial charge in [-0.2, -0.15) is 0 Å². The molecule has 0 atom stereocenters. The summed E-state index contributed by atoms with van der Waals surface area (Å²) < 4.78 is 0. The normalized spacial score (nSPS) is 9.60. The van der Waals surface area contributed by atoms with Gasteiger partial charge >= 0.3 is 246 Å². The fraction of sp³-hybridized carbons (Fsp3) is 0. The molecule has 1 nitrogen and oxygen atoms in total. The summed E-state index contributed by atoms with van der Waals surface area (Å²) in [4.78, 5) is 4.68. The third kappa shape index (κ3) is 11.2. The predicted octanol–water partition coefficient (Wildman–Crippen LogP) is -12.8. The van der Waals surface area contributed by atoms with Crippen molar-refractivity contribution in [1.29, 1.82) is 0 Å². The van der Waals surface area contributed by atoms with Crippen molar-refractivity contribution in [1.82, 2.24) is 0 Å². The molecule has 0 bridgehead atoms. The second-order valence-electron chi connectivity index (χ2n) is 9.06. The van der Waals surface area contributed by atoms with E-state index < -0.39 is 96.0 Å². The van der Waals surface area contributed by atoms with Crippen LogP contribution in [0.2, 0.25) is 0 Å². The average molecular weight is 382 g/mol. The van der Waals surface area contributed by atoms with Gasteiger partial charge in [-0.1, -0.05) is 0 Å². The van der Waals surface area contributed by atoms with E-state index in [0.717, 1.165) is 0 Å². The minimum absolute atomic E-state index is 0.746. The molecule has 0 aromatic carbocycles. The van der Waals surface area contributed by atoms with Gasteiger partial charge in [-0.25, -0.2) is 0 Å². The van der Waals surface area contributed by atoms with Crippen molar-refractivity contribution in [2.45, 2.75) is 0 Å². The molecule has 0 aromatic rings. The minimum atomic E-state index is -1.06. The molecule has 0 fully saturated rings. The Hall–Kier alpha value is 2.01. The Balaban J connectivity index is 7.01. The summed E-state index contributed by atoms with van der Waals surface area (Å²) in [5.41, 5.74) is 0. The first-order valence-corrected chi connectivity index (χ1v) is 11.2. The standard InChI is InChI=1S/B34N/c1-18-28(20(2)3)33(27(16)17)34(32(25(12)13)26(14)15)35-19-29(30(21(4)5)22(6)7)31(23(8)9)24(10)11. The summed E-state index contributed by atoms with van der Waals surface area (Å²) >= 11 is 0. The van der Waals surface area contributed by atoms with Gasteiger partial charge in [0.2, 0.25) is 0 Å². The van der Waals surface area contributed by atoms with Crippen LogP contribution in [0.5, 0.6) is 0 Å². The molecule has 0 N–H and O–H groups in total. The van der Waals surface area contributed by atoms with Crippen molar-refractivity contribution in [2.75, 3.05) is 0 Å². The van der Waals surface area contributed by atoms with Crippen LogP contribution >= 0.6 is 0 Å². The van der Waals surface area contributed by atoms with Gasteiger partial charge in [0.25, 0.3) is 0 Å². The zero-order valence-electron chi connectivity index (χ0n) is 20.1. The quantitative estimate of drug-likeness (QED) is 0.236. The maximum absolute atomic E-state index is 6.10. The van der Waals surface area contributed by atoms with Crippen LogP contribution in [-0.4, -0.2) is 242 Å². The summed E-state index contributed by atoms with van der Waals surface area (Å²) in [7, 11) is 103. The topological polar surface area (TPSA) is 12.4 Å². The van der Waals surface area contributed by atoms with Crippen LogP contribution in [-0.2, 0) is 0 Å². The van der Waals surface area contributed by atoms with Crippen LogP contribution in [0.15, 0.2) is 4.81 Å². The number of hydrogen-bond acceptors (Lipinski definition) is 1. The third-order valence-corrected chi connectivity index (χ3v) is 6.33. The Morgan fingerprint density at radius 2 is 0.686 bits per heavy atom. The number of rotatable bonds is 16. The molecular weight excluding hydrogens is 382 g/mol. The SMILES string of the molecule is [B][B]B(B([B])[B])B(B([B])[B])B(N=BB(B(B([B])[B])B([B])[B])B(B([B])[B])B([B])[B])B(B([B])[B])B([B])[B]. The molecular formula is B34N. The molecule has 0 unspecified atom stereocenters. The molecule has 0 rings (SSSR count). The second kappa shape index (κ2) is 17.6. The van der Waals surface area contributed by atoms with Crippen molar-refractivity contribution >= 4 is 242 Å². The van der Waals surface area contributed by atoms with E-state index in [1.165, 1.54) is 14.0 Å². The second-order valence-corrected chi connectivity index (χ2v) is 9.06. The molecule has 0 saturated carbocycles. The van der Waals surface area contributed by atoms with Crippen molar-refractivity contribution < 1.29 is 0 Å². The van der Waals surface area contributed by atoms with E-state index in [4.69, 9.17) is 132 Å². The Morgan fingerprint density at radius 3 is 0.914 bits per heavy atom. The summed E-state index contributed by atoms with van der Waals surface area (Å²) in [5, 5.41) is 0. The van der Waals surface area contributed by atoms with E-state index in [1.807, 2.05) is 0 Å². The van der Waals surface area contributed by atoms with Gasteiger partial charge < -0.3 is 0 Å². The van der Waals surface area contributed by atoms with Crippen LogP contribution in [0.3, 0.4) is 0 Å². The van der Waals surface area contributed by atoms with Gasteiger partial charge in [-0.15, -0.1) is 0 Å². The van der Waals surface area contributed by atoms with E-state index in [1.54, 1.807) is 0 Å². The summed E-state index contributed by atoms with van der Waals surface area (Å²) in [6, 6.07) is 0.